The molecule has 0 spiro atoms. The van der Waals surface area contributed by atoms with Crippen LogP contribution in [0.15, 0.2) is 103 Å². The van der Waals surface area contributed by atoms with Crippen LogP contribution in [0.3, 0.4) is 0 Å². The molecule has 34 heavy (non-hydrogen) atoms. The number of carbonyl (C=O) groups is 1. The van der Waals surface area contributed by atoms with Crippen molar-refractivity contribution in [2.45, 2.75) is 19.4 Å². The van der Waals surface area contributed by atoms with Crippen molar-refractivity contribution in [3.8, 4) is 11.1 Å². The number of halogens is 2. The maximum atomic E-state index is 13.0. The fraction of sp³-hybridized carbons (Fsp3) is 0.103. The van der Waals surface area contributed by atoms with E-state index in [9.17, 15) is 4.79 Å². The summed E-state index contributed by atoms with van der Waals surface area (Å²) in [5.74, 6) is -0.0426. The Balaban J connectivity index is 0.00000274. The molecule has 4 aromatic rings. The van der Waals surface area contributed by atoms with E-state index in [0.29, 0.717) is 11.7 Å². The predicted molar refractivity (Wildman–Crippen MR) is 134 cm³/mol. The molecule has 0 aliphatic heterocycles. The van der Waals surface area contributed by atoms with E-state index < -0.39 is 0 Å². The molecular formula is C29H24Cl2N2O. The molecule has 1 heterocycles. The molecule has 5 rings (SSSR count). The summed E-state index contributed by atoms with van der Waals surface area (Å²) in [6.45, 7) is 0.680. The highest BCUT2D eigenvalue weighted by Gasteiger charge is 2.17. The van der Waals surface area contributed by atoms with Gasteiger partial charge in [-0.2, -0.15) is 4.57 Å². The van der Waals surface area contributed by atoms with E-state index in [2.05, 4.69) is 35.6 Å². The number of nitrogens with zero attached hydrogens (tertiary/aromatic N) is 1. The van der Waals surface area contributed by atoms with Crippen LogP contribution in [0.25, 0.3) is 17.2 Å². The molecule has 1 N–H and O–H groups in total. The van der Waals surface area contributed by atoms with E-state index in [1.54, 1.807) is 0 Å². The average molecular weight is 487 g/mol. The zero-order valence-corrected chi connectivity index (χ0v) is 20.1. The number of carbonyl (C=O) groups excluding carboxylic acids is 1. The Morgan fingerprint density at radius 1 is 0.853 bits per heavy atom. The maximum Gasteiger partial charge on any atom is 0.275 e. The smallest absolute Gasteiger partial charge is 0.275 e. The molecule has 5 heteroatoms. The van der Waals surface area contributed by atoms with Crippen molar-refractivity contribution in [1.29, 1.82) is 0 Å². The van der Waals surface area contributed by atoms with Gasteiger partial charge in [0.25, 0.3) is 11.1 Å². The topological polar surface area (TPSA) is 33.0 Å². The summed E-state index contributed by atoms with van der Waals surface area (Å²) in [5, 5.41) is 3.74. The monoisotopic (exact) mass is 486 g/mol. The molecule has 0 saturated heterocycles. The quantitative estimate of drug-likeness (QED) is 0.340. The minimum Gasteiger partial charge on any atom is -1.00 e. The van der Waals surface area contributed by atoms with Gasteiger partial charge < -0.3 is 17.7 Å². The second kappa shape index (κ2) is 10.7. The molecule has 0 atom stereocenters. The van der Waals surface area contributed by atoms with Gasteiger partial charge in [-0.05, 0) is 77.0 Å². The molecule has 1 aromatic heterocycles. The first kappa shape index (κ1) is 23.7. The fourth-order valence-corrected chi connectivity index (χ4v) is 4.35. The molecule has 170 valence electrons. The van der Waals surface area contributed by atoms with Gasteiger partial charge >= 0.3 is 0 Å². The van der Waals surface area contributed by atoms with E-state index in [1.807, 2.05) is 77.5 Å². The average Bonchev–Trinajstić information content (AvgIpc) is 2.86. The van der Waals surface area contributed by atoms with Crippen molar-refractivity contribution in [3.63, 3.8) is 0 Å². The lowest BCUT2D eigenvalue weighted by Gasteiger charge is -2.17. The van der Waals surface area contributed by atoms with Gasteiger partial charge in [-0.25, -0.2) is 0 Å². The van der Waals surface area contributed by atoms with Crippen molar-refractivity contribution < 1.29 is 21.8 Å². The largest absolute Gasteiger partial charge is 1.00 e. The van der Waals surface area contributed by atoms with Crippen molar-refractivity contribution >= 4 is 29.3 Å². The van der Waals surface area contributed by atoms with E-state index >= 15 is 0 Å². The molecule has 1 aliphatic rings. The highest BCUT2D eigenvalue weighted by atomic mass is 35.5. The molecule has 1 amide bonds. The van der Waals surface area contributed by atoms with Gasteiger partial charge in [0.05, 0.1) is 0 Å². The van der Waals surface area contributed by atoms with Crippen LogP contribution in [-0.2, 0) is 17.8 Å². The second-order valence-corrected chi connectivity index (χ2v) is 8.64. The number of pyridine rings is 1. The normalized spacial score (nSPS) is 12.2. The number of benzene rings is 3. The summed E-state index contributed by atoms with van der Waals surface area (Å²) >= 11 is 6.24. The Labute approximate surface area is 211 Å². The Bertz CT molecular complexity index is 1330. The number of aromatic nitrogens is 1. The highest BCUT2D eigenvalue weighted by molar-refractivity contribution is 6.28. The third kappa shape index (κ3) is 5.39. The van der Waals surface area contributed by atoms with Gasteiger partial charge in [-0.3, -0.25) is 4.79 Å². The lowest BCUT2D eigenvalue weighted by Crippen LogP contribution is -3.00. The van der Waals surface area contributed by atoms with Crippen LogP contribution in [0.5, 0.6) is 0 Å². The van der Waals surface area contributed by atoms with E-state index in [0.717, 1.165) is 35.2 Å². The number of nitrogens with one attached hydrogen (secondary N) is 1. The van der Waals surface area contributed by atoms with Crippen molar-refractivity contribution in [2.75, 3.05) is 5.32 Å². The minimum absolute atomic E-state index is 0. The lowest BCUT2D eigenvalue weighted by molar-refractivity contribution is -0.686. The van der Waals surface area contributed by atoms with E-state index in [-0.39, 0.29) is 18.3 Å². The first-order valence-electron chi connectivity index (χ1n) is 11.1. The maximum absolute atomic E-state index is 13.0. The van der Waals surface area contributed by atoms with Gasteiger partial charge in [0.2, 0.25) is 0 Å². The van der Waals surface area contributed by atoms with Crippen molar-refractivity contribution in [1.82, 2.24) is 0 Å². The molecule has 0 unspecified atom stereocenters. The number of amides is 1. The summed E-state index contributed by atoms with van der Waals surface area (Å²) in [6, 6.07) is 30.5. The molecule has 0 bridgehead atoms. The van der Waals surface area contributed by atoms with Crippen molar-refractivity contribution in [2.24, 2.45) is 0 Å². The van der Waals surface area contributed by atoms with Crippen molar-refractivity contribution in [3.05, 3.63) is 125 Å². The predicted octanol–water partition coefficient (Wildman–Crippen LogP) is 3.32. The number of rotatable bonds is 5. The van der Waals surface area contributed by atoms with E-state index in [4.69, 9.17) is 11.6 Å². The first-order chi connectivity index (χ1) is 16.2. The molecular weight excluding hydrogens is 463 g/mol. The van der Waals surface area contributed by atoms with Gasteiger partial charge in [0.15, 0.2) is 12.7 Å². The highest BCUT2D eigenvalue weighted by Crippen LogP contribution is 2.29. The lowest BCUT2D eigenvalue weighted by atomic mass is 9.89. The Morgan fingerprint density at radius 3 is 2.38 bits per heavy atom. The third-order valence-corrected chi connectivity index (χ3v) is 6.33. The van der Waals surface area contributed by atoms with Gasteiger partial charge in [-0.1, -0.05) is 54.6 Å². The fourth-order valence-electron chi connectivity index (χ4n) is 4.16. The minimum atomic E-state index is -0.0426. The van der Waals surface area contributed by atoms with Crippen LogP contribution in [0.1, 0.15) is 23.1 Å². The Morgan fingerprint density at radius 2 is 1.62 bits per heavy atom. The summed E-state index contributed by atoms with van der Waals surface area (Å²) in [7, 11) is 0. The Hall–Kier alpha value is -3.40. The van der Waals surface area contributed by atoms with Gasteiger partial charge in [0, 0.05) is 29.0 Å². The standard InChI is InChI=1S/C29H23ClN2O.ClH/c30-28-8-4-5-17-32(28)20-21-9-15-27(16-10-21)31-29(33)25-14-12-23-11-13-24(18-26(23)19-25)22-6-2-1-3-7-22;/h1-11,13,15-19H,12,14,20H2;1H. The SMILES string of the molecule is O=C(Nc1ccc(C[n+]2ccccc2Cl)cc1)C1=Cc2cc(-c3ccccc3)ccc2CC1.[Cl-]. The molecule has 0 radical (unpaired) electrons. The number of hydrogen-bond donors (Lipinski definition) is 1. The molecule has 0 saturated carbocycles. The summed E-state index contributed by atoms with van der Waals surface area (Å²) in [4.78, 5) is 13.0. The summed E-state index contributed by atoms with van der Waals surface area (Å²) < 4.78 is 1.98. The van der Waals surface area contributed by atoms with Crippen LogP contribution in [0, 0.1) is 0 Å². The van der Waals surface area contributed by atoms with Gasteiger partial charge in [0.1, 0.15) is 0 Å². The molecule has 3 nitrogen and oxygen atoms in total. The first-order valence-corrected chi connectivity index (χ1v) is 11.5. The van der Waals surface area contributed by atoms with Crippen LogP contribution in [0.2, 0.25) is 5.15 Å². The molecule has 0 fully saturated rings. The molecule has 3 aromatic carbocycles. The van der Waals surface area contributed by atoms with Crippen LogP contribution in [-0.4, -0.2) is 5.91 Å². The number of anilines is 1. The summed E-state index contributed by atoms with van der Waals surface area (Å²) in [5.41, 5.74) is 7.47. The number of aryl methyl sites for hydroxylation is 1. The van der Waals surface area contributed by atoms with E-state index in [1.165, 1.54) is 16.7 Å². The number of fused-ring (bicyclic) bond motifs is 1. The zero-order chi connectivity index (χ0) is 22.6. The van der Waals surface area contributed by atoms with Crippen LogP contribution in [0.4, 0.5) is 5.69 Å². The zero-order valence-electron chi connectivity index (χ0n) is 18.5. The Kier molecular flexibility index (Phi) is 7.46. The number of hydrogen-bond acceptors (Lipinski definition) is 1. The second-order valence-electron chi connectivity index (χ2n) is 8.25. The molecule has 1 aliphatic carbocycles. The van der Waals surface area contributed by atoms with Crippen LogP contribution >= 0.6 is 11.6 Å². The third-order valence-electron chi connectivity index (χ3n) is 5.99. The van der Waals surface area contributed by atoms with Gasteiger partial charge in [-0.15, -0.1) is 0 Å². The van der Waals surface area contributed by atoms with Crippen LogP contribution < -0.4 is 22.3 Å². The summed E-state index contributed by atoms with van der Waals surface area (Å²) in [6.07, 6.45) is 5.60.